The third kappa shape index (κ3) is 4.57. The first-order valence-electron chi connectivity index (χ1n) is 10.3. The molecule has 0 bridgehead atoms. The van der Waals surface area contributed by atoms with Gasteiger partial charge in [-0.25, -0.2) is 8.42 Å². The van der Waals surface area contributed by atoms with Crippen molar-refractivity contribution in [3.63, 3.8) is 0 Å². The lowest BCUT2D eigenvalue weighted by Crippen LogP contribution is -2.53. The van der Waals surface area contributed by atoms with Crippen molar-refractivity contribution in [1.29, 1.82) is 0 Å². The van der Waals surface area contributed by atoms with Gasteiger partial charge in [-0.3, -0.25) is 4.79 Å². The Kier molecular flexibility index (Phi) is 5.92. The number of nitrogens with one attached hydrogen (secondary N) is 2. The van der Waals surface area contributed by atoms with E-state index in [1.54, 1.807) is 4.90 Å². The average Bonchev–Trinajstić information content (AvgIpc) is 3.17. The van der Waals surface area contributed by atoms with Crippen LogP contribution < -0.4 is 5.32 Å². The van der Waals surface area contributed by atoms with Crippen molar-refractivity contribution in [2.24, 2.45) is 0 Å². The molecule has 1 amide bonds. The highest BCUT2D eigenvalue weighted by molar-refractivity contribution is 7.91. The van der Waals surface area contributed by atoms with Crippen molar-refractivity contribution in [1.82, 2.24) is 15.2 Å². The van der Waals surface area contributed by atoms with Crippen molar-refractivity contribution < 1.29 is 13.2 Å². The summed E-state index contributed by atoms with van der Waals surface area (Å²) in [6.45, 7) is 2.96. The van der Waals surface area contributed by atoms with Gasteiger partial charge in [-0.05, 0) is 31.0 Å². The van der Waals surface area contributed by atoms with E-state index in [4.69, 9.17) is 0 Å². The van der Waals surface area contributed by atoms with Gasteiger partial charge in [-0.1, -0.05) is 48.5 Å². The number of hydrogen-bond donors (Lipinski definition) is 2. The molecule has 1 aromatic heterocycles. The van der Waals surface area contributed by atoms with Gasteiger partial charge in [0, 0.05) is 36.1 Å². The predicted molar refractivity (Wildman–Crippen MR) is 119 cm³/mol. The number of sulfone groups is 1. The van der Waals surface area contributed by atoms with E-state index in [-0.39, 0.29) is 29.5 Å². The molecule has 2 heterocycles. The second-order valence-corrected chi connectivity index (χ2v) is 10.0. The molecular weight excluding hydrogens is 398 g/mol. The van der Waals surface area contributed by atoms with Gasteiger partial charge >= 0.3 is 0 Å². The number of hydrogen-bond acceptors (Lipinski definition) is 4. The third-order valence-corrected chi connectivity index (χ3v) is 7.50. The first kappa shape index (κ1) is 20.6. The number of aromatic amines is 1. The molecule has 6 nitrogen and oxygen atoms in total. The molecule has 2 aromatic carbocycles. The number of H-pyrrole nitrogens is 1. The number of nitrogens with zero attached hydrogens (tertiary/aromatic N) is 1. The van der Waals surface area contributed by atoms with E-state index in [1.165, 1.54) is 0 Å². The van der Waals surface area contributed by atoms with Crippen LogP contribution in [0.5, 0.6) is 0 Å². The van der Waals surface area contributed by atoms with E-state index in [9.17, 15) is 13.2 Å². The van der Waals surface area contributed by atoms with E-state index in [0.29, 0.717) is 25.2 Å². The zero-order valence-corrected chi connectivity index (χ0v) is 17.9. The fraction of sp³-hybridized carbons (Fsp3) is 0.348. The van der Waals surface area contributed by atoms with Crippen molar-refractivity contribution in [2.75, 3.05) is 18.1 Å². The maximum absolute atomic E-state index is 13.2. The topological polar surface area (TPSA) is 82.3 Å². The minimum absolute atomic E-state index is 0.0102. The number of aromatic nitrogens is 1. The molecule has 1 unspecified atom stereocenters. The summed E-state index contributed by atoms with van der Waals surface area (Å²) in [5, 5.41) is 4.35. The van der Waals surface area contributed by atoms with Gasteiger partial charge in [0.1, 0.15) is 5.69 Å². The molecule has 30 heavy (non-hydrogen) atoms. The molecule has 158 valence electrons. The summed E-state index contributed by atoms with van der Waals surface area (Å²) in [5.74, 6) is -0.0391. The molecule has 1 fully saturated rings. The van der Waals surface area contributed by atoms with Crippen molar-refractivity contribution >= 4 is 26.6 Å². The second kappa shape index (κ2) is 8.62. The Morgan fingerprint density at radius 2 is 1.83 bits per heavy atom. The third-order valence-electron chi connectivity index (χ3n) is 5.70. The molecule has 3 aromatic rings. The van der Waals surface area contributed by atoms with Crippen LogP contribution in [0.25, 0.3) is 10.9 Å². The van der Waals surface area contributed by atoms with Gasteiger partial charge in [0.25, 0.3) is 5.91 Å². The van der Waals surface area contributed by atoms with Crippen LogP contribution in [0.3, 0.4) is 0 Å². The highest BCUT2D eigenvalue weighted by Gasteiger charge is 2.36. The van der Waals surface area contributed by atoms with Gasteiger partial charge in [0.2, 0.25) is 0 Å². The normalized spacial score (nSPS) is 20.8. The highest BCUT2D eigenvalue weighted by Crippen LogP contribution is 2.22. The smallest absolute Gasteiger partial charge is 0.270 e. The quantitative estimate of drug-likeness (QED) is 0.636. The molecule has 0 radical (unpaired) electrons. The Labute approximate surface area is 177 Å². The number of carbonyl (C=O) groups is 1. The monoisotopic (exact) mass is 425 g/mol. The summed E-state index contributed by atoms with van der Waals surface area (Å²) in [5.41, 5.74) is 2.50. The Bertz CT molecular complexity index is 1090. The summed E-state index contributed by atoms with van der Waals surface area (Å²) in [6.07, 6.45) is 0.617. The predicted octanol–water partition coefficient (Wildman–Crippen LogP) is 2.98. The Balaban J connectivity index is 1.51. The molecule has 0 aliphatic carbocycles. The lowest BCUT2D eigenvalue weighted by Gasteiger charge is -2.37. The zero-order chi connectivity index (χ0) is 21.1. The maximum Gasteiger partial charge on any atom is 0.270 e. The number of benzene rings is 2. The van der Waals surface area contributed by atoms with Crippen molar-refractivity contribution in [2.45, 2.75) is 32.0 Å². The second-order valence-electron chi connectivity index (χ2n) is 7.89. The fourth-order valence-corrected chi connectivity index (χ4v) is 6.17. The molecule has 0 spiro atoms. The Morgan fingerprint density at radius 1 is 1.10 bits per heavy atom. The first-order chi connectivity index (χ1) is 14.4. The fourth-order valence-electron chi connectivity index (χ4n) is 4.26. The van der Waals surface area contributed by atoms with E-state index >= 15 is 0 Å². The number of carbonyl (C=O) groups excluding carboxylic acids is 1. The number of rotatable bonds is 6. The lowest BCUT2D eigenvalue weighted by atomic mass is 10.1. The highest BCUT2D eigenvalue weighted by atomic mass is 32.2. The molecule has 1 saturated heterocycles. The number of para-hydroxylation sites is 1. The van der Waals surface area contributed by atoms with Gasteiger partial charge in [0.05, 0.1) is 11.5 Å². The van der Waals surface area contributed by atoms with Gasteiger partial charge in [0.15, 0.2) is 9.84 Å². The van der Waals surface area contributed by atoms with Gasteiger partial charge < -0.3 is 15.2 Å². The average molecular weight is 426 g/mol. The van der Waals surface area contributed by atoms with E-state index in [1.807, 2.05) is 67.6 Å². The summed E-state index contributed by atoms with van der Waals surface area (Å²) in [6, 6.07) is 19.0. The van der Waals surface area contributed by atoms with Crippen LogP contribution in [0.15, 0.2) is 60.7 Å². The van der Waals surface area contributed by atoms with Crippen LogP contribution in [0, 0.1) is 0 Å². The molecule has 4 rings (SSSR count). The van der Waals surface area contributed by atoms with Crippen LogP contribution in [0.4, 0.5) is 0 Å². The Hall–Kier alpha value is -2.64. The minimum atomic E-state index is -3.25. The standard InChI is InChI=1S/C23H27N3O3S/c1-2-26(23(27)22-12-18-10-6-7-11-21(18)25-22)20-13-19(15-30(28,29)16-20)24-14-17-8-4-3-5-9-17/h3-12,19-20,24-25H,2,13-16H2,1H3/t19-,20?/m1/s1. The SMILES string of the molecule is CCN(C(=O)c1cc2ccccc2[nH]1)C1C[C@@H](NCc2ccccc2)CS(=O)(=O)C1. The Morgan fingerprint density at radius 3 is 2.57 bits per heavy atom. The largest absolute Gasteiger partial charge is 0.351 e. The summed E-state index contributed by atoms with van der Waals surface area (Å²) in [7, 11) is -3.25. The minimum Gasteiger partial charge on any atom is -0.351 e. The molecule has 2 N–H and O–H groups in total. The van der Waals surface area contributed by atoms with E-state index < -0.39 is 9.84 Å². The van der Waals surface area contributed by atoms with Gasteiger partial charge in [-0.15, -0.1) is 0 Å². The first-order valence-corrected chi connectivity index (χ1v) is 12.1. The van der Waals surface area contributed by atoms with Gasteiger partial charge in [-0.2, -0.15) is 0 Å². The van der Waals surface area contributed by atoms with Crippen molar-refractivity contribution in [3.8, 4) is 0 Å². The van der Waals surface area contributed by atoms with Crippen molar-refractivity contribution in [3.05, 3.63) is 71.9 Å². The number of amides is 1. The van der Waals surface area contributed by atoms with E-state index in [0.717, 1.165) is 16.5 Å². The van der Waals surface area contributed by atoms with Crippen LogP contribution in [0.1, 0.15) is 29.4 Å². The summed E-state index contributed by atoms with van der Waals surface area (Å²) < 4.78 is 25.2. The summed E-state index contributed by atoms with van der Waals surface area (Å²) >= 11 is 0. The zero-order valence-electron chi connectivity index (χ0n) is 17.0. The molecule has 0 saturated carbocycles. The maximum atomic E-state index is 13.2. The molecular formula is C23H27N3O3S. The van der Waals surface area contributed by atoms with Crippen LogP contribution in [0.2, 0.25) is 0 Å². The molecule has 1 aliphatic rings. The summed E-state index contributed by atoms with van der Waals surface area (Å²) in [4.78, 5) is 18.1. The number of fused-ring (bicyclic) bond motifs is 1. The molecule has 7 heteroatoms. The van der Waals surface area contributed by atoms with Crippen LogP contribution in [-0.4, -0.2) is 54.3 Å². The van der Waals surface area contributed by atoms with Crippen LogP contribution in [-0.2, 0) is 16.4 Å². The van der Waals surface area contributed by atoms with E-state index in [2.05, 4.69) is 10.3 Å². The molecule has 1 aliphatic heterocycles. The molecule has 2 atom stereocenters. The lowest BCUT2D eigenvalue weighted by molar-refractivity contribution is 0.0682. The van der Waals surface area contributed by atoms with Crippen LogP contribution >= 0.6 is 0 Å².